The molecule has 0 radical (unpaired) electrons. The van der Waals surface area contributed by atoms with Gasteiger partial charge in [0, 0.05) is 50.4 Å². The van der Waals surface area contributed by atoms with Gasteiger partial charge in [-0.05, 0) is 68.9 Å². The quantitative estimate of drug-likeness (QED) is 0.458. The Balaban J connectivity index is 0.000000644. The number of benzene rings is 2. The number of hydrogen-bond donors (Lipinski definition) is 1. The minimum absolute atomic E-state index is 0.194. The molecule has 2 aliphatic heterocycles. The first-order valence-electron chi connectivity index (χ1n) is 13.3. The second-order valence-corrected chi connectivity index (χ2v) is 9.99. The summed E-state index contributed by atoms with van der Waals surface area (Å²) in [6.07, 6.45) is 5.49. The number of aryl methyl sites for hydroxylation is 2. The van der Waals surface area contributed by atoms with Crippen LogP contribution >= 0.6 is 0 Å². The minimum atomic E-state index is -0.446. The van der Waals surface area contributed by atoms with Crippen LogP contribution in [0.15, 0.2) is 30.3 Å². The van der Waals surface area contributed by atoms with Crippen molar-refractivity contribution in [1.29, 1.82) is 0 Å². The molecule has 0 bridgehead atoms. The third-order valence-corrected chi connectivity index (χ3v) is 7.66. The van der Waals surface area contributed by atoms with Gasteiger partial charge in [-0.1, -0.05) is 12.1 Å². The van der Waals surface area contributed by atoms with E-state index in [9.17, 15) is 9.18 Å². The second kappa shape index (κ2) is 14.2. The first-order valence-corrected chi connectivity index (χ1v) is 13.3. The van der Waals surface area contributed by atoms with Gasteiger partial charge in [-0.2, -0.15) is 0 Å². The summed E-state index contributed by atoms with van der Waals surface area (Å²) in [5, 5.41) is 7.00. The smallest absolute Gasteiger partial charge is 0.292 e. The zero-order chi connectivity index (χ0) is 28.5. The molecule has 2 aromatic carbocycles. The maximum atomic E-state index is 14.3. The molecular weight excluding hydrogens is 501 g/mol. The lowest BCUT2D eigenvalue weighted by molar-refractivity contribution is -0.126. The molecule has 39 heavy (non-hydrogen) atoms. The number of carbonyl (C=O) groups is 2. The molecule has 0 aliphatic carbocycles. The number of aliphatic hydroxyl groups is 1. The maximum absolute atomic E-state index is 14.3. The number of hydrogen-bond acceptors (Lipinski definition) is 7. The van der Waals surface area contributed by atoms with E-state index in [0.717, 1.165) is 62.5 Å². The van der Waals surface area contributed by atoms with Crippen molar-refractivity contribution >= 4 is 29.5 Å². The fourth-order valence-corrected chi connectivity index (χ4v) is 5.38. The Hall–Kier alpha value is -3.30. The highest BCUT2D eigenvalue weighted by Gasteiger charge is 2.28. The first-order chi connectivity index (χ1) is 18.9. The summed E-state index contributed by atoms with van der Waals surface area (Å²) in [6.45, 7) is 5.80. The van der Waals surface area contributed by atoms with Crippen LogP contribution in [0.2, 0.25) is 0 Å². The van der Waals surface area contributed by atoms with Gasteiger partial charge >= 0.3 is 0 Å². The molecule has 2 aliphatic rings. The molecule has 0 amide bonds. The summed E-state index contributed by atoms with van der Waals surface area (Å²) in [5.74, 6) is 0.159. The minimum Gasteiger partial charge on any atom is -0.471 e. The van der Waals surface area contributed by atoms with Gasteiger partial charge in [0.2, 0.25) is 0 Å². The van der Waals surface area contributed by atoms with E-state index in [4.69, 9.17) is 19.6 Å². The van der Waals surface area contributed by atoms with Gasteiger partial charge in [0.1, 0.15) is 17.9 Å². The lowest BCUT2D eigenvalue weighted by atomic mass is 9.95. The average molecular weight is 542 g/mol. The van der Waals surface area contributed by atoms with Gasteiger partial charge in [0.15, 0.2) is 0 Å². The van der Waals surface area contributed by atoms with Crippen molar-refractivity contribution < 1.29 is 28.6 Å². The summed E-state index contributed by atoms with van der Waals surface area (Å²) in [6, 6.07) is 10.2. The molecule has 5 rings (SSSR count). The van der Waals surface area contributed by atoms with Crippen molar-refractivity contribution in [2.45, 2.75) is 64.0 Å². The van der Waals surface area contributed by atoms with Crippen LogP contribution in [0.3, 0.4) is 0 Å². The predicted molar refractivity (Wildman–Crippen MR) is 150 cm³/mol. The molecule has 0 spiro atoms. The first kappa shape index (κ1) is 30.2. The Bertz CT molecular complexity index is 1260. The normalized spacial score (nSPS) is 19.1. The molecule has 3 heterocycles. The molecule has 212 valence electrons. The molecule has 1 fully saturated rings. The van der Waals surface area contributed by atoms with Crippen molar-refractivity contribution in [3.63, 3.8) is 0 Å². The Morgan fingerprint density at radius 2 is 1.97 bits per heavy atom. The number of nitrogens with zero attached hydrogens (tertiary/aromatic N) is 3. The topological polar surface area (TPSA) is 93.9 Å². The third kappa shape index (κ3) is 6.65. The van der Waals surface area contributed by atoms with E-state index in [2.05, 4.69) is 40.3 Å². The highest BCUT2D eigenvalue weighted by atomic mass is 19.1. The maximum Gasteiger partial charge on any atom is 0.292 e. The summed E-state index contributed by atoms with van der Waals surface area (Å²) in [5.41, 5.74) is 5.95. The van der Waals surface area contributed by atoms with E-state index in [-0.39, 0.29) is 11.9 Å². The number of imidazole rings is 1. The number of methoxy groups -OCH3 is 1. The molecule has 0 saturated carbocycles. The number of rotatable bonds is 6. The molecule has 8 nitrogen and oxygen atoms in total. The van der Waals surface area contributed by atoms with Gasteiger partial charge in [-0.15, -0.1) is 0 Å². The van der Waals surface area contributed by atoms with Gasteiger partial charge < -0.3 is 28.8 Å². The van der Waals surface area contributed by atoms with Crippen molar-refractivity contribution in [3.8, 4) is 0 Å². The van der Waals surface area contributed by atoms with E-state index in [0.29, 0.717) is 36.7 Å². The van der Waals surface area contributed by atoms with E-state index in [1.54, 1.807) is 13.0 Å². The largest absolute Gasteiger partial charge is 0.471 e. The van der Waals surface area contributed by atoms with Crippen molar-refractivity contribution in [2.75, 3.05) is 39.4 Å². The molecule has 3 atom stereocenters. The Morgan fingerprint density at radius 3 is 2.59 bits per heavy atom. The monoisotopic (exact) mass is 541 g/mol. The zero-order valence-corrected chi connectivity index (χ0v) is 23.5. The lowest BCUT2D eigenvalue weighted by Gasteiger charge is -2.34. The van der Waals surface area contributed by atoms with Gasteiger partial charge in [-0.3, -0.25) is 4.79 Å². The number of aliphatic hydroxyl groups excluding tert-OH is 1. The SMILES string of the molecule is CO.COC=O.Cc1ccc(C(C=O)Cc2nc3c4c(ccc3n2C2CCCOC2)N(C)C(C)CC4)cc1F. The average Bonchev–Trinajstić information content (AvgIpc) is 3.35. The van der Waals surface area contributed by atoms with Gasteiger partial charge in [0.25, 0.3) is 6.47 Å². The van der Waals surface area contributed by atoms with Crippen molar-refractivity contribution in [2.24, 2.45) is 0 Å². The van der Waals surface area contributed by atoms with E-state index >= 15 is 0 Å². The van der Waals surface area contributed by atoms with Crippen molar-refractivity contribution in [3.05, 3.63) is 58.7 Å². The van der Waals surface area contributed by atoms with E-state index < -0.39 is 5.92 Å². The van der Waals surface area contributed by atoms with Crippen LogP contribution in [0.25, 0.3) is 11.0 Å². The van der Waals surface area contributed by atoms with Crippen LogP contribution in [-0.4, -0.2) is 67.9 Å². The van der Waals surface area contributed by atoms with E-state index in [1.165, 1.54) is 24.4 Å². The number of carbonyl (C=O) groups excluding carboxylic acids is 2. The third-order valence-electron chi connectivity index (χ3n) is 7.66. The van der Waals surface area contributed by atoms with Crippen LogP contribution in [-0.2, 0) is 31.9 Å². The van der Waals surface area contributed by atoms with Gasteiger partial charge in [-0.25, -0.2) is 9.37 Å². The summed E-state index contributed by atoms with van der Waals surface area (Å²) >= 11 is 0. The van der Waals surface area contributed by atoms with Gasteiger partial charge in [0.05, 0.1) is 30.8 Å². The molecule has 3 aromatic rings. The number of ether oxygens (including phenoxy) is 2. The zero-order valence-electron chi connectivity index (χ0n) is 23.5. The van der Waals surface area contributed by atoms with Crippen LogP contribution in [0.4, 0.5) is 10.1 Å². The molecule has 1 aromatic heterocycles. The Morgan fingerprint density at radius 1 is 1.23 bits per heavy atom. The standard InChI is InChI=1S/C27H32FN3O2.C2H4O2.CH4O/c1-17-6-8-19(13-23(17)28)20(15-32)14-26-29-27-22-9-7-18(2)30(3)24(22)10-11-25(27)31(26)21-5-4-12-33-16-21;1-4-2-3;1-2/h6,8,10-11,13,15,18,20-21H,4-5,7,9,12,14,16H2,1-3H3;2H,1H3;2H,1H3. The lowest BCUT2D eigenvalue weighted by Crippen LogP contribution is -2.33. The number of aromatic nitrogens is 2. The Labute approximate surface area is 229 Å². The molecular formula is C30H40FN3O5. The Kier molecular flexibility index (Phi) is 11.0. The second-order valence-electron chi connectivity index (χ2n) is 9.99. The van der Waals surface area contributed by atoms with Crippen molar-refractivity contribution in [1.82, 2.24) is 9.55 Å². The number of anilines is 1. The van der Waals surface area contributed by atoms with E-state index in [1.807, 2.05) is 6.07 Å². The molecule has 3 unspecified atom stereocenters. The molecule has 1 N–H and O–H groups in total. The summed E-state index contributed by atoms with van der Waals surface area (Å²) in [7, 11) is 4.46. The molecule has 9 heteroatoms. The highest BCUT2D eigenvalue weighted by Crippen LogP contribution is 2.38. The summed E-state index contributed by atoms with van der Waals surface area (Å²) < 4.78 is 26.2. The van der Waals surface area contributed by atoms with Crippen LogP contribution < -0.4 is 4.90 Å². The van der Waals surface area contributed by atoms with Crippen LogP contribution in [0.1, 0.15) is 60.7 Å². The number of halogens is 1. The predicted octanol–water partition coefficient (Wildman–Crippen LogP) is 4.53. The molecule has 1 saturated heterocycles. The van der Waals surface area contributed by atoms with Crippen LogP contribution in [0.5, 0.6) is 0 Å². The number of fused-ring (bicyclic) bond motifs is 3. The number of aldehydes is 1. The summed E-state index contributed by atoms with van der Waals surface area (Å²) in [4.78, 5) is 28.6. The fraction of sp³-hybridized carbons (Fsp3) is 0.500. The highest BCUT2D eigenvalue weighted by molar-refractivity contribution is 5.86. The van der Waals surface area contributed by atoms with Crippen LogP contribution in [0, 0.1) is 12.7 Å². The fourth-order valence-electron chi connectivity index (χ4n) is 5.38.